The Morgan fingerprint density at radius 3 is 2.61 bits per heavy atom. The van der Waals surface area contributed by atoms with E-state index in [4.69, 9.17) is 11.6 Å². The van der Waals surface area contributed by atoms with Crippen LogP contribution in [0, 0.1) is 13.8 Å². The number of carbonyl (C=O) groups excluding carboxylic acids is 1. The third kappa shape index (κ3) is 3.90. The predicted octanol–water partition coefficient (Wildman–Crippen LogP) is 3.82. The van der Waals surface area contributed by atoms with Gasteiger partial charge < -0.3 is 5.32 Å². The first-order valence-electron chi connectivity index (χ1n) is 10.1. The van der Waals surface area contributed by atoms with Crippen molar-refractivity contribution in [1.29, 1.82) is 0 Å². The van der Waals surface area contributed by atoms with E-state index < -0.39 is 0 Å². The van der Waals surface area contributed by atoms with Crippen LogP contribution in [0.3, 0.4) is 0 Å². The number of aromatic nitrogens is 6. The van der Waals surface area contributed by atoms with Crippen LogP contribution in [0.1, 0.15) is 21.6 Å². The van der Waals surface area contributed by atoms with E-state index in [0.717, 1.165) is 5.56 Å². The van der Waals surface area contributed by atoms with Gasteiger partial charge in [-0.15, -0.1) is 0 Å². The lowest BCUT2D eigenvalue weighted by Gasteiger charge is -2.09. The molecule has 5 aromatic rings. The SMILES string of the molecule is Cc1cccc(C(=O)Nc2cc(C)nn2-c2nc3c(cnn3-c3ccc(Cl)cc3)c(=O)[nH]2)c1. The quantitative estimate of drug-likeness (QED) is 0.424. The predicted molar refractivity (Wildman–Crippen MR) is 125 cm³/mol. The molecule has 1 amide bonds. The molecule has 2 aromatic carbocycles. The molecule has 164 valence electrons. The maximum Gasteiger partial charge on any atom is 0.263 e. The molecule has 0 aliphatic carbocycles. The van der Waals surface area contributed by atoms with E-state index in [-0.39, 0.29) is 17.4 Å². The molecule has 0 aliphatic heterocycles. The second kappa shape index (κ2) is 8.03. The van der Waals surface area contributed by atoms with Crippen LogP contribution in [-0.4, -0.2) is 35.4 Å². The number of amides is 1. The third-order valence-electron chi connectivity index (χ3n) is 5.05. The number of hydrogen-bond acceptors (Lipinski definition) is 5. The summed E-state index contributed by atoms with van der Waals surface area (Å²) in [6, 6.07) is 16.0. The van der Waals surface area contributed by atoms with Crippen molar-refractivity contribution in [3.8, 4) is 11.6 Å². The van der Waals surface area contributed by atoms with Crippen LogP contribution in [-0.2, 0) is 0 Å². The summed E-state index contributed by atoms with van der Waals surface area (Å²) in [6.45, 7) is 3.70. The number of halogens is 1. The molecule has 0 unspecified atom stereocenters. The van der Waals surface area contributed by atoms with Gasteiger partial charge in [0.2, 0.25) is 5.95 Å². The first-order chi connectivity index (χ1) is 15.9. The fourth-order valence-corrected chi connectivity index (χ4v) is 3.63. The maximum absolute atomic E-state index is 12.8. The molecule has 5 rings (SSSR count). The molecule has 0 saturated heterocycles. The highest BCUT2D eigenvalue weighted by Crippen LogP contribution is 2.20. The Hall–Kier alpha value is -4.24. The summed E-state index contributed by atoms with van der Waals surface area (Å²) in [4.78, 5) is 32.9. The standard InChI is InChI=1S/C23H18ClN7O2/c1-13-4-3-5-15(10-13)21(32)26-19-11-14(2)29-31(19)23-27-20-18(22(33)28-23)12-25-30(20)17-8-6-16(24)7-9-17/h3-12H,1-2H3,(H,26,32)(H,27,28,33). The van der Waals surface area contributed by atoms with E-state index in [1.54, 1.807) is 54.1 Å². The molecule has 0 aliphatic rings. The van der Waals surface area contributed by atoms with Gasteiger partial charge in [0.05, 0.1) is 17.6 Å². The number of benzene rings is 2. The largest absolute Gasteiger partial charge is 0.306 e. The second-order valence-electron chi connectivity index (χ2n) is 7.57. The summed E-state index contributed by atoms with van der Waals surface area (Å²) in [5.74, 6) is 0.226. The number of carbonyl (C=O) groups is 1. The number of hydrogen-bond donors (Lipinski definition) is 2. The molecule has 0 radical (unpaired) electrons. The number of rotatable bonds is 4. The number of anilines is 1. The number of fused-ring (bicyclic) bond motifs is 1. The van der Waals surface area contributed by atoms with E-state index in [2.05, 4.69) is 25.5 Å². The van der Waals surface area contributed by atoms with Crippen LogP contribution in [0.25, 0.3) is 22.7 Å². The first kappa shape index (κ1) is 20.7. The van der Waals surface area contributed by atoms with E-state index in [1.807, 2.05) is 19.1 Å². The lowest BCUT2D eigenvalue weighted by Crippen LogP contribution is -2.19. The van der Waals surface area contributed by atoms with Crippen LogP contribution in [0.15, 0.2) is 65.6 Å². The number of aryl methyl sites for hydroxylation is 2. The molecule has 10 heteroatoms. The second-order valence-corrected chi connectivity index (χ2v) is 8.00. The van der Waals surface area contributed by atoms with Crippen LogP contribution in [0.2, 0.25) is 5.02 Å². The molecule has 3 aromatic heterocycles. The Morgan fingerprint density at radius 2 is 1.85 bits per heavy atom. The highest BCUT2D eigenvalue weighted by molar-refractivity contribution is 6.30. The minimum Gasteiger partial charge on any atom is -0.306 e. The van der Waals surface area contributed by atoms with Gasteiger partial charge in [0.1, 0.15) is 11.2 Å². The maximum atomic E-state index is 12.8. The van der Waals surface area contributed by atoms with Crippen LogP contribution < -0.4 is 10.9 Å². The van der Waals surface area contributed by atoms with Gasteiger partial charge in [0.25, 0.3) is 11.5 Å². The van der Waals surface area contributed by atoms with Crippen molar-refractivity contribution >= 4 is 34.4 Å². The third-order valence-corrected chi connectivity index (χ3v) is 5.30. The Kier molecular flexibility index (Phi) is 5.02. The minimum atomic E-state index is -0.376. The molecule has 2 N–H and O–H groups in total. The van der Waals surface area contributed by atoms with Crippen molar-refractivity contribution in [1.82, 2.24) is 29.5 Å². The minimum absolute atomic E-state index is 0.149. The van der Waals surface area contributed by atoms with Crippen molar-refractivity contribution in [2.24, 2.45) is 0 Å². The fourth-order valence-electron chi connectivity index (χ4n) is 3.50. The molecular weight excluding hydrogens is 442 g/mol. The van der Waals surface area contributed by atoms with E-state index >= 15 is 0 Å². The van der Waals surface area contributed by atoms with Crippen LogP contribution >= 0.6 is 11.6 Å². The van der Waals surface area contributed by atoms with Gasteiger partial charge in [-0.25, -0.2) is 4.68 Å². The van der Waals surface area contributed by atoms with E-state index in [1.165, 1.54) is 10.9 Å². The molecule has 0 atom stereocenters. The van der Waals surface area contributed by atoms with Gasteiger partial charge in [-0.3, -0.25) is 14.6 Å². The smallest absolute Gasteiger partial charge is 0.263 e. The fraction of sp³-hybridized carbons (Fsp3) is 0.0870. The zero-order valence-electron chi connectivity index (χ0n) is 17.7. The Labute approximate surface area is 192 Å². The van der Waals surface area contributed by atoms with E-state index in [9.17, 15) is 9.59 Å². The van der Waals surface area contributed by atoms with Crippen molar-refractivity contribution in [3.05, 3.63) is 93.0 Å². The zero-order chi connectivity index (χ0) is 23.1. The lowest BCUT2D eigenvalue weighted by molar-refractivity contribution is 0.102. The number of nitrogens with zero attached hydrogens (tertiary/aromatic N) is 5. The first-order valence-corrected chi connectivity index (χ1v) is 10.5. The normalized spacial score (nSPS) is 11.1. The summed E-state index contributed by atoms with van der Waals surface area (Å²) in [5.41, 5.74) is 2.79. The van der Waals surface area contributed by atoms with Gasteiger partial charge in [0.15, 0.2) is 5.65 Å². The molecule has 0 bridgehead atoms. The molecule has 0 spiro atoms. The summed E-state index contributed by atoms with van der Waals surface area (Å²) in [5, 5.41) is 12.5. The topological polar surface area (TPSA) is 110 Å². The summed E-state index contributed by atoms with van der Waals surface area (Å²) >= 11 is 5.99. The highest BCUT2D eigenvalue weighted by Gasteiger charge is 2.17. The molecule has 0 fully saturated rings. The Morgan fingerprint density at radius 1 is 1.06 bits per heavy atom. The zero-order valence-corrected chi connectivity index (χ0v) is 18.5. The number of aromatic amines is 1. The summed E-state index contributed by atoms with van der Waals surface area (Å²) in [6.07, 6.45) is 1.45. The van der Waals surface area contributed by atoms with Gasteiger partial charge in [0, 0.05) is 16.7 Å². The van der Waals surface area contributed by atoms with Gasteiger partial charge in [-0.05, 0) is 50.2 Å². The van der Waals surface area contributed by atoms with Gasteiger partial charge in [-0.2, -0.15) is 19.9 Å². The molecule has 3 heterocycles. The number of nitrogens with one attached hydrogen (secondary N) is 2. The average molecular weight is 460 g/mol. The van der Waals surface area contributed by atoms with Crippen molar-refractivity contribution in [2.75, 3.05) is 5.32 Å². The monoisotopic (exact) mass is 459 g/mol. The molecule has 9 nitrogen and oxygen atoms in total. The van der Waals surface area contributed by atoms with Gasteiger partial charge in [-0.1, -0.05) is 29.3 Å². The highest BCUT2D eigenvalue weighted by atomic mass is 35.5. The van der Waals surface area contributed by atoms with Crippen LogP contribution in [0.5, 0.6) is 0 Å². The molecular formula is C23H18ClN7O2. The average Bonchev–Trinajstić information content (AvgIpc) is 3.38. The van der Waals surface area contributed by atoms with Crippen LogP contribution in [0.4, 0.5) is 5.82 Å². The van der Waals surface area contributed by atoms with E-state index in [0.29, 0.717) is 38.8 Å². The van der Waals surface area contributed by atoms with Gasteiger partial charge >= 0.3 is 0 Å². The molecule has 0 saturated carbocycles. The summed E-state index contributed by atoms with van der Waals surface area (Å²) in [7, 11) is 0. The Balaban J connectivity index is 1.58. The van der Waals surface area contributed by atoms with Crippen molar-refractivity contribution in [3.63, 3.8) is 0 Å². The summed E-state index contributed by atoms with van der Waals surface area (Å²) < 4.78 is 2.94. The van der Waals surface area contributed by atoms with Crippen molar-refractivity contribution in [2.45, 2.75) is 13.8 Å². The molecule has 33 heavy (non-hydrogen) atoms. The lowest BCUT2D eigenvalue weighted by atomic mass is 10.1. The Bertz CT molecular complexity index is 1560. The van der Waals surface area contributed by atoms with Crippen molar-refractivity contribution < 1.29 is 4.79 Å². The number of H-pyrrole nitrogens is 1.